The molecule has 2 aromatic heterocycles. The molecule has 1 amide bonds. The first-order valence-electron chi connectivity index (χ1n) is 31.0. The first kappa shape index (κ1) is 83.7. The standard InChI is InChI=1S/C34H30F8N4O4.C18H24F5NO2Si.C14H14F5NO2.Li.H2O/c1-4-25(34(40,41)42)46-12-6-8-19-24(46)15-22(35)27(28(19)36)30(47)44-23(32(49)50)14-17-9-10-20(29-18(17)7-5-11-43-29)26-21(33(37,38)39)13-16(2)45(3)31(26)48;1-5-14(18(21,22)23)24-8-6-7-11-13(24)9-12(19)15(16(11)20)17(25)26-10-27(2,3)4;1-2-10(14(17,18)19)20-5-3-4-7-9(20)6-8(15)11(12(7)16)13(21)22;;/h5,7,9-11,13,15,23,25H,4,6,8,12,14H2,1-3H3,(H,44,47)(H,49,50);9,14H,5-8,10H2,1-4H3;6,10H,2-5H2,1H3,(H,21,22);;1H2/q;;;+1;/p-1/t23-,25+;14-;10-;;/m011../s1. The normalized spacial score (nSPS) is 15.2. The predicted molar refractivity (Wildman–Crippen MR) is 334 cm³/mol. The minimum atomic E-state index is -4.92. The summed E-state index contributed by atoms with van der Waals surface area (Å²) in [5, 5.41) is 21.0. The van der Waals surface area contributed by atoms with Crippen molar-refractivity contribution in [3.63, 3.8) is 0 Å². The number of carbonyl (C=O) groups is 4. The number of halogens is 18. The topological polar surface area (TPSA) is 205 Å². The summed E-state index contributed by atoms with van der Waals surface area (Å²) in [6.45, 7) is 11.1. The molecule has 4 N–H and O–H groups in total. The molecule has 9 rings (SSSR count). The SMILES string of the molecule is CC[C@@H](N1CCCc2c1cc(F)c(C(=O)N[C@@H](Cc1ccc(-c3c(C(F)(F)F)cc(C)n(C)c3=O)c3ncccc13)C(=O)O)c2F)C(F)(F)F.CC[C@@H](N1CCCc2c1cc(F)c(C(=O)O)c2F)C(F)(F)F.CC[C@@H](N1CCCc2c1cc(F)c(C(=O)OC[Si](C)(C)C)c2F)C(F)(F)F.[Li+].[OH-]. The van der Waals surface area contributed by atoms with Crippen LogP contribution in [0.5, 0.6) is 0 Å². The smallest absolute Gasteiger partial charge is 0.870 e. The van der Waals surface area contributed by atoms with Gasteiger partial charge in [0, 0.05) is 89.7 Å². The number of nitrogens with one attached hydrogen (secondary N) is 1. The van der Waals surface area contributed by atoms with Gasteiger partial charge in [0.05, 0.1) is 30.9 Å². The molecule has 0 radical (unpaired) electrons. The average Bonchev–Trinajstić information content (AvgIpc) is 0.791. The first-order chi connectivity index (χ1) is 45.9. The van der Waals surface area contributed by atoms with Crippen molar-refractivity contribution in [3.8, 4) is 11.1 Å². The van der Waals surface area contributed by atoms with Crippen molar-refractivity contribution >= 4 is 59.9 Å². The van der Waals surface area contributed by atoms with Crippen LogP contribution in [0, 0.1) is 41.8 Å². The molecule has 0 aliphatic carbocycles. The van der Waals surface area contributed by atoms with E-state index in [0.29, 0.717) is 12.1 Å². The van der Waals surface area contributed by atoms with Crippen LogP contribution in [0.2, 0.25) is 19.6 Å². The number of esters is 1. The van der Waals surface area contributed by atoms with Gasteiger partial charge in [-0.2, -0.15) is 52.7 Å². The molecule has 6 aromatic rings. The number of carboxylic acid groups (broad SMARTS) is 2. The van der Waals surface area contributed by atoms with Gasteiger partial charge < -0.3 is 45.0 Å². The van der Waals surface area contributed by atoms with Gasteiger partial charge in [-0.3, -0.25) is 14.6 Å². The van der Waals surface area contributed by atoms with Gasteiger partial charge in [0.2, 0.25) is 0 Å². The summed E-state index contributed by atoms with van der Waals surface area (Å²) in [7, 11) is -0.484. The number of hydrogen-bond acceptors (Lipinski definition) is 11. The maximum absolute atomic E-state index is 15.7. The Balaban J connectivity index is 0.000000302. The second-order valence-corrected chi connectivity index (χ2v) is 30.5. The van der Waals surface area contributed by atoms with Crippen LogP contribution in [-0.4, -0.2) is 126 Å². The fourth-order valence-corrected chi connectivity index (χ4v) is 13.0. The van der Waals surface area contributed by atoms with Gasteiger partial charge in [-0.15, -0.1) is 0 Å². The van der Waals surface area contributed by atoms with Gasteiger partial charge in [0.15, 0.2) is 0 Å². The van der Waals surface area contributed by atoms with E-state index in [9.17, 15) is 99.3 Å². The second-order valence-electron chi connectivity index (χ2n) is 25.0. The summed E-state index contributed by atoms with van der Waals surface area (Å²) < 4.78 is 257. The number of carboxylic acids is 2. The van der Waals surface area contributed by atoms with Crippen LogP contribution >= 0.6 is 0 Å². The van der Waals surface area contributed by atoms with Gasteiger partial charge in [-0.05, 0) is 101 Å². The summed E-state index contributed by atoms with van der Waals surface area (Å²) >= 11 is 0. The number of anilines is 3. The number of aromatic carboxylic acids is 1. The number of amides is 1. The zero-order valence-corrected chi connectivity index (χ0v) is 56.7. The molecular weight excluding hydrogens is 1400 g/mol. The Bertz CT molecular complexity index is 4130. The summed E-state index contributed by atoms with van der Waals surface area (Å²) in [5.74, 6) is -13.9. The third kappa shape index (κ3) is 18.3. The number of aryl methyl sites for hydroxylation is 1. The molecule has 0 saturated heterocycles. The Labute approximate surface area is 579 Å². The molecule has 0 bridgehead atoms. The molecule has 101 heavy (non-hydrogen) atoms. The Kier molecular flexibility index (Phi) is 27.0. The second kappa shape index (κ2) is 32.6. The van der Waals surface area contributed by atoms with Crippen molar-refractivity contribution in [2.45, 2.75) is 160 Å². The number of alkyl halides is 12. The Morgan fingerprint density at radius 2 is 1.05 bits per heavy atom. The number of benzene rings is 4. The van der Waals surface area contributed by atoms with Gasteiger partial charge in [0.1, 0.15) is 75.8 Å². The van der Waals surface area contributed by atoms with Crippen LogP contribution in [0.15, 0.2) is 59.5 Å². The van der Waals surface area contributed by atoms with Crippen LogP contribution in [0.4, 0.5) is 96.1 Å². The molecule has 3 aliphatic rings. The van der Waals surface area contributed by atoms with Gasteiger partial charge in [-0.1, -0.05) is 58.6 Å². The number of carbonyl (C=O) groups excluding carboxylic acids is 2. The van der Waals surface area contributed by atoms with E-state index in [-0.39, 0.29) is 163 Å². The van der Waals surface area contributed by atoms with Crippen molar-refractivity contribution in [3.05, 3.63) is 150 Å². The van der Waals surface area contributed by atoms with E-state index in [1.54, 1.807) is 0 Å². The average molecular weight is 1470 g/mol. The van der Waals surface area contributed by atoms with Crippen molar-refractivity contribution in [1.29, 1.82) is 0 Å². The van der Waals surface area contributed by atoms with E-state index in [4.69, 9.17) is 9.84 Å². The quantitative estimate of drug-likeness (QED) is 0.0469. The Morgan fingerprint density at radius 1 is 0.634 bits per heavy atom. The monoisotopic (exact) mass is 1470 g/mol. The van der Waals surface area contributed by atoms with Crippen molar-refractivity contribution in [2.24, 2.45) is 7.05 Å². The zero-order chi connectivity index (χ0) is 74.1. The van der Waals surface area contributed by atoms with Crippen LogP contribution in [-0.2, 0) is 48.4 Å². The number of rotatable bonds is 16. The van der Waals surface area contributed by atoms with E-state index in [1.807, 2.05) is 19.6 Å². The molecule has 3 aliphatic heterocycles. The predicted octanol–water partition coefficient (Wildman–Crippen LogP) is 12.4. The number of fused-ring (bicyclic) bond motifs is 4. The van der Waals surface area contributed by atoms with Crippen molar-refractivity contribution < 1.29 is 137 Å². The molecule has 0 saturated carbocycles. The molecule has 35 heteroatoms. The summed E-state index contributed by atoms with van der Waals surface area (Å²) in [6.07, 6.45) is -18.0. The third-order valence-electron chi connectivity index (χ3n) is 17.1. The largest absolute Gasteiger partial charge is 1.00 e. The molecule has 0 fully saturated rings. The van der Waals surface area contributed by atoms with Gasteiger partial charge in [0.25, 0.3) is 11.5 Å². The number of pyridine rings is 2. The Hall–Kier alpha value is -7.97. The van der Waals surface area contributed by atoms with Crippen LogP contribution in [0.25, 0.3) is 22.0 Å². The molecule has 548 valence electrons. The van der Waals surface area contributed by atoms with Crippen LogP contribution in [0.3, 0.4) is 0 Å². The minimum absolute atomic E-state index is 0. The number of aliphatic carboxylic acids is 1. The van der Waals surface area contributed by atoms with Crippen molar-refractivity contribution in [2.75, 3.05) is 40.6 Å². The Morgan fingerprint density at radius 3 is 1.45 bits per heavy atom. The molecule has 4 atom stereocenters. The first-order valence-corrected chi connectivity index (χ1v) is 34.7. The van der Waals surface area contributed by atoms with E-state index < -0.39 is 162 Å². The van der Waals surface area contributed by atoms with Crippen LogP contribution < -0.4 is 44.4 Å². The summed E-state index contributed by atoms with van der Waals surface area (Å²) in [4.78, 5) is 68.7. The molecule has 15 nitrogen and oxygen atoms in total. The number of ether oxygens (including phenoxy) is 1. The minimum Gasteiger partial charge on any atom is -0.870 e. The fraction of sp³-hybridized carbons (Fsp3) is 0.455. The van der Waals surface area contributed by atoms with E-state index in [1.165, 1.54) is 65.2 Å². The summed E-state index contributed by atoms with van der Waals surface area (Å²) in [6, 6.07) is 0.706. The maximum atomic E-state index is 15.7. The zero-order valence-electron chi connectivity index (χ0n) is 55.7. The molecular formula is C66H69F18LiN6O9Si. The number of hydrogen-bond donors (Lipinski definition) is 3. The number of aromatic nitrogens is 2. The van der Waals surface area contributed by atoms with Crippen LogP contribution in [0.1, 0.15) is 124 Å². The van der Waals surface area contributed by atoms with Gasteiger partial charge in [-0.25, -0.2) is 40.7 Å². The van der Waals surface area contributed by atoms with Crippen molar-refractivity contribution in [1.82, 2.24) is 14.9 Å². The van der Waals surface area contributed by atoms with E-state index in [0.717, 1.165) is 31.4 Å². The number of nitrogens with zero attached hydrogens (tertiary/aromatic N) is 5. The molecule has 4 aromatic carbocycles. The maximum Gasteiger partial charge on any atom is 1.00 e. The molecule has 5 heterocycles. The van der Waals surface area contributed by atoms with Gasteiger partial charge >= 0.3 is 61.5 Å². The summed E-state index contributed by atoms with van der Waals surface area (Å²) in [5.41, 5.74) is -7.26. The molecule has 0 unspecified atom stereocenters. The van der Waals surface area contributed by atoms with E-state index >= 15 is 8.78 Å². The van der Waals surface area contributed by atoms with E-state index in [2.05, 4.69) is 10.3 Å². The third-order valence-corrected chi connectivity index (χ3v) is 18.1. The fourth-order valence-electron chi connectivity index (χ4n) is 12.4. The molecule has 0 spiro atoms.